The Morgan fingerprint density at radius 2 is 2.00 bits per heavy atom. The molecule has 1 N–H and O–H groups in total. The Morgan fingerprint density at radius 1 is 1.38 bits per heavy atom. The van der Waals surface area contributed by atoms with Crippen LogP contribution in [0.2, 0.25) is 0 Å². The Kier molecular flexibility index (Phi) is 3.39. The molecule has 86 valence electrons. The van der Waals surface area contributed by atoms with Crippen LogP contribution in [0.1, 0.15) is 25.7 Å². The first-order valence-electron chi connectivity index (χ1n) is 5.71. The summed E-state index contributed by atoms with van der Waals surface area (Å²) in [5.74, 6) is 0. The number of amides is 2. The van der Waals surface area contributed by atoms with Gasteiger partial charge in [-0.15, -0.1) is 0 Å². The summed E-state index contributed by atoms with van der Waals surface area (Å²) in [6.45, 7) is 0. The number of rotatable bonds is 2. The van der Waals surface area contributed by atoms with Crippen molar-refractivity contribution < 1.29 is 4.79 Å². The third-order valence-corrected chi connectivity index (χ3v) is 3.04. The van der Waals surface area contributed by atoms with Gasteiger partial charge in [0.15, 0.2) is 0 Å². The van der Waals surface area contributed by atoms with Crippen molar-refractivity contribution in [3.8, 4) is 0 Å². The molecule has 1 aliphatic carbocycles. The van der Waals surface area contributed by atoms with E-state index in [1.807, 2.05) is 12.1 Å². The zero-order chi connectivity index (χ0) is 11.4. The van der Waals surface area contributed by atoms with Crippen LogP contribution in [0.4, 0.5) is 10.5 Å². The van der Waals surface area contributed by atoms with Gasteiger partial charge in [0.1, 0.15) is 0 Å². The summed E-state index contributed by atoms with van der Waals surface area (Å²) in [5.41, 5.74) is 0.866. The van der Waals surface area contributed by atoms with Crippen molar-refractivity contribution in [3.05, 3.63) is 24.5 Å². The highest BCUT2D eigenvalue weighted by atomic mass is 16.2. The van der Waals surface area contributed by atoms with Crippen LogP contribution in [0.25, 0.3) is 0 Å². The minimum Gasteiger partial charge on any atom is -0.335 e. The monoisotopic (exact) mass is 219 g/mol. The maximum absolute atomic E-state index is 11.9. The number of hydrogen-bond donors (Lipinski definition) is 1. The molecule has 16 heavy (non-hydrogen) atoms. The zero-order valence-electron chi connectivity index (χ0n) is 9.52. The number of urea groups is 1. The van der Waals surface area contributed by atoms with Crippen LogP contribution >= 0.6 is 0 Å². The van der Waals surface area contributed by atoms with Gasteiger partial charge in [0.25, 0.3) is 0 Å². The molecule has 4 nitrogen and oxygen atoms in total. The van der Waals surface area contributed by atoms with Gasteiger partial charge in [-0.25, -0.2) is 4.79 Å². The highest BCUT2D eigenvalue weighted by Gasteiger charge is 2.19. The van der Waals surface area contributed by atoms with E-state index in [0.29, 0.717) is 6.04 Å². The number of aromatic nitrogens is 1. The lowest BCUT2D eigenvalue weighted by molar-refractivity contribution is 0.244. The Morgan fingerprint density at radius 3 is 2.62 bits per heavy atom. The molecule has 0 unspecified atom stereocenters. The summed E-state index contributed by atoms with van der Waals surface area (Å²) in [5, 5.41) is 3.04. The lowest BCUT2D eigenvalue weighted by Crippen LogP contribution is -2.42. The highest BCUT2D eigenvalue weighted by molar-refractivity contribution is 5.91. The molecule has 0 spiro atoms. The number of hydrogen-bond acceptors (Lipinski definition) is 2. The molecular weight excluding hydrogens is 202 g/mol. The van der Waals surface area contributed by atoms with Gasteiger partial charge in [-0.2, -0.15) is 0 Å². The van der Waals surface area contributed by atoms with Crippen molar-refractivity contribution in [2.24, 2.45) is 0 Å². The smallest absolute Gasteiger partial charge is 0.321 e. The van der Waals surface area contributed by atoms with E-state index in [-0.39, 0.29) is 6.03 Å². The molecule has 4 heteroatoms. The molecule has 2 amide bonds. The van der Waals surface area contributed by atoms with Gasteiger partial charge in [0.05, 0.1) is 0 Å². The van der Waals surface area contributed by atoms with Gasteiger partial charge in [0, 0.05) is 31.2 Å². The van der Waals surface area contributed by atoms with Crippen LogP contribution in [0.15, 0.2) is 24.5 Å². The second-order valence-corrected chi connectivity index (χ2v) is 4.20. The summed E-state index contributed by atoms with van der Waals surface area (Å²) in [7, 11) is 1.78. The fourth-order valence-electron chi connectivity index (χ4n) is 2.03. The molecule has 0 aromatic carbocycles. The lowest BCUT2D eigenvalue weighted by atomic mass is 10.2. The van der Waals surface area contributed by atoms with Crippen molar-refractivity contribution in [1.29, 1.82) is 0 Å². The fourth-order valence-corrected chi connectivity index (χ4v) is 2.03. The van der Waals surface area contributed by atoms with Crippen LogP contribution in [0.3, 0.4) is 0 Å². The van der Waals surface area contributed by atoms with Crippen LogP contribution in [0, 0.1) is 0 Å². The standard InChI is InChI=1S/C12H17N3O/c1-15(11-6-8-13-9-7-11)12(16)14-10-4-2-3-5-10/h6-10H,2-5H2,1H3,(H,14,16). The van der Waals surface area contributed by atoms with Crippen LogP contribution in [-0.4, -0.2) is 24.1 Å². The third-order valence-electron chi connectivity index (χ3n) is 3.04. The van der Waals surface area contributed by atoms with E-state index in [1.165, 1.54) is 12.8 Å². The predicted octanol–water partition coefficient (Wildman–Crippen LogP) is 2.17. The quantitative estimate of drug-likeness (QED) is 0.828. The first kappa shape index (κ1) is 10.9. The van der Waals surface area contributed by atoms with E-state index in [2.05, 4.69) is 10.3 Å². The van der Waals surface area contributed by atoms with Crippen LogP contribution in [-0.2, 0) is 0 Å². The summed E-state index contributed by atoms with van der Waals surface area (Å²) >= 11 is 0. The van der Waals surface area contributed by atoms with Crippen molar-refractivity contribution in [3.63, 3.8) is 0 Å². The molecular formula is C12H17N3O. The Balaban J connectivity index is 1.94. The van der Waals surface area contributed by atoms with Gasteiger partial charge in [-0.1, -0.05) is 12.8 Å². The normalized spacial score (nSPS) is 16.1. The van der Waals surface area contributed by atoms with Gasteiger partial charge in [-0.05, 0) is 25.0 Å². The molecule has 1 fully saturated rings. The molecule has 0 atom stereocenters. The van der Waals surface area contributed by atoms with E-state index >= 15 is 0 Å². The minimum absolute atomic E-state index is 0.0295. The van der Waals surface area contributed by atoms with Crippen LogP contribution < -0.4 is 10.2 Å². The second kappa shape index (κ2) is 4.96. The third kappa shape index (κ3) is 2.51. The maximum Gasteiger partial charge on any atom is 0.321 e. The number of anilines is 1. The summed E-state index contributed by atoms with van der Waals surface area (Å²) in [4.78, 5) is 17.5. The van der Waals surface area contributed by atoms with Gasteiger partial charge < -0.3 is 5.32 Å². The van der Waals surface area contributed by atoms with Gasteiger partial charge in [0.2, 0.25) is 0 Å². The number of nitrogens with one attached hydrogen (secondary N) is 1. The lowest BCUT2D eigenvalue weighted by Gasteiger charge is -2.20. The molecule has 0 saturated heterocycles. The second-order valence-electron chi connectivity index (χ2n) is 4.20. The molecule has 1 saturated carbocycles. The topological polar surface area (TPSA) is 45.2 Å². The number of carbonyl (C=O) groups is 1. The van der Waals surface area contributed by atoms with Gasteiger partial charge in [-0.3, -0.25) is 9.88 Å². The maximum atomic E-state index is 11.9. The number of pyridine rings is 1. The van der Waals surface area contributed by atoms with Crippen molar-refractivity contribution in [2.75, 3.05) is 11.9 Å². The molecule has 2 rings (SSSR count). The molecule has 0 radical (unpaired) electrons. The molecule has 1 aromatic rings. The molecule has 1 aliphatic rings. The summed E-state index contributed by atoms with van der Waals surface area (Å²) in [6, 6.07) is 3.98. The van der Waals surface area contributed by atoms with E-state index in [9.17, 15) is 4.79 Å². The zero-order valence-corrected chi connectivity index (χ0v) is 9.52. The summed E-state index contributed by atoms with van der Waals surface area (Å²) < 4.78 is 0. The number of carbonyl (C=O) groups excluding carboxylic acids is 1. The van der Waals surface area contributed by atoms with E-state index in [1.54, 1.807) is 24.3 Å². The average molecular weight is 219 g/mol. The van der Waals surface area contributed by atoms with E-state index in [4.69, 9.17) is 0 Å². The minimum atomic E-state index is -0.0295. The molecule has 1 aromatic heterocycles. The summed E-state index contributed by atoms with van der Waals surface area (Å²) in [6.07, 6.45) is 8.04. The first-order chi connectivity index (χ1) is 7.77. The molecule has 0 bridgehead atoms. The largest absolute Gasteiger partial charge is 0.335 e. The highest BCUT2D eigenvalue weighted by Crippen LogP contribution is 2.18. The fraction of sp³-hybridized carbons (Fsp3) is 0.500. The van der Waals surface area contributed by atoms with E-state index in [0.717, 1.165) is 18.5 Å². The Hall–Kier alpha value is -1.58. The molecule has 1 heterocycles. The van der Waals surface area contributed by atoms with Gasteiger partial charge >= 0.3 is 6.03 Å². The SMILES string of the molecule is CN(C(=O)NC1CCCC1)c1ccncc1. The Labute approximate surface area is 95.7 Å². The first-order valence-corrected chi connectivity index (χ1v) is 5.71. The predicted molar refractivity (Wildman–Crippen MR) is 63.4 cm³/mol. The van der Waals surface area contributed by atoms with Crippen molar-refractivity contribution in [2.45, 2.75) is 31.7 Å². The van der Waals surface area contributed by atoms with E-state index < -0.39 is 0 Å². The Bertz CT molecular complexity index is 347. The average Bonchev–Trinajstić information content (AvgIpc) is 2.82. The van der Waals surface area contributed by atoms with Crippen molar-refractivity contribution in [1.82, 2.24) is 10.3 Å². The van der Waals surface area contributed by atoms with Crippen LogP contribution in [0.5, 0.6) is 0 Å². The van der Waals surface area contributed by atoms with Crippen molar-refractivity contribution >= 4 is 11.7 Å². The number of nitrogens with zero attached hydrogens (tertiary/aromatic N) is 2. The molecule has 0 aliphatic heterocycles.